The number of rotatable bonds is 6. The van der Waals surface area contributed by atoms with E-state index in [1.807, 2.05) is 6.07 Å². The summed E-state index contributed by atoms with van der Waals surface area (Å²) in [5, 5.41) is 3.54. The van der Waals surface area contributed by atoms with E-state index in [0.717, 1.165) is 57.4 Å². The van der Waals surface area contributed by atoms with Crippen molar-refractivity contribution < 1.29 is 18.1 Å². The highest BCUT2D eigenvalue weighted by Crippen LogP contribution is 2.29. The summed E-state index contributed by atoms with van der Waals surface area (Å²) >= 11 is 7.79. The minimum absolute atomic E-state index is 0.0164. The Morgan fingerprint density at radius 2 is 1.83 bits per heavy atom. The predicted octanol–water partition coefficient (Wildman–Crippen LogP) is 3.75. The van der Waals surface area contributed by atoms with Crippen LogP contribution in [0.2, 0.25) is 5.02 Å². The van der Waals surface area contributed by atoms with Crippen molar-refractivity contribution in [2.75, 3.05) is 25.0 Å². The molecule has 1 unspecified atom stereocenters. The Bertz CT molecular complexity index is 1340. The number of anilines is 1. The van der Waals surface area contributed by atoms with Gasteiger partial charge in [0.15, 0.2) is 5.13 Å². The second kappa shape index (κ2) is 11.0. The molecule has 1 saturated heterocycles. The zero-order chi connectivity index (χ0) is 25.1. The molecule has 2 N–H and O–H groups in total. The highest BCUT2D eigenvalue weighted by atomic mass is 35.5. The second-order valence-electron chi connectivity index (χ2n) is 9.40. The number of carbonyl (C=O) groups excluding carboxylic acids is 1. The van der Waals surface area contributed by atoms with Gasteiger partial charge in [-0.2, -0.15) is 4.31 Å². The Morgan fingerprint density at radius 3 is 2.58 bits per heavy atom. The first-order chi connectivity index (χ1) is 17.4. The maximum absolute atomic E-state index is 13.3. The topological polar surface area (TPSA) is 83.8 Å². The Morgan fingerprint density at radius 1 is 1.08 bits per heavy atom. The van der Waals surface area contributed by atoms with Gasteiger partial charge in [0.2, 0.25) is 10.0 Å². The molecule has 3 heterocycles. The van der Waals surface area contributed by atoms with Crippen LogP contribution in [-0.4, -0.2) is 43.2 Å². The lowest BCUT2D eigenvalue weighted by Gasteiger charge is -2.22. The SMILES string of the molecule is O=C(Nc1nc2c(s1)C[NH+](Cc1ccccc1)CC2)c1ccc(Cl)c(S(=O)(=O)N2CCCCCC2)c1. The molecular formula is C26H30ClN4O3S2+. The number of fused-ring (bicyclic) bond motifs is 1. The van der Waals surface area contributed by atoms with Crippen LogP contribution in [0.15, 0.2) is 53.4 Å². The number of aromatic nitrogens is 1. The van der Waals surface area contributed by atoms with Crippen LogP contribution in [0, 0.1) is 0 Å². The molecule has 0 spiro atoms. The first kappa shape index (κ1) is 25.4. The van der Waals surface area contributed by atoms with E-state index in [0.29, 0.717) is 18.2 Å². The molecule has 5 rings (SSSR count). The van der Waals surface area contributed by atoms with Crippen molar-refractivity contribution in [2.24, 2.45) is 0 Å². The number of sulfonamides is 1. The van der Waals surface area contributed by atoms with Crippen molar-refractivity contribution in [3.63, 3.8) is 0 Å². The summed E-state index contributed by atoms with van der Waals surface area (Å²) in [6, 6.07) is 14.9. The van der Waals surface area contributed by atoms with Crippen LogP contribution in [0.5, 0.6) is 0 Å². The molecule has 1 atom stereocenters. The van der Waals surface area contributed by atoms with Crippen LogP contribution in [0.4, 0.5) is 5.13 Å². The first-order valence-corrected chi connectivity index (χ1v) is 15.0. The third-order valence-electron chi connectivity index (χ3n) is 6.80. The van der Waals surface area contributed by atoms with E-state index >= 15 is 0 Å². The minimum Gasteiger partial charge on any atom is -0.326 e. The lowest BCUT2D eigenvalue weighted by molar-refractivity contribution is -0.929. The monoisotopic (exact) mass is 545 g/mol. The zero-order valence-corrected chi connectivity index (χ0v) is 22.4. The molecule has 7 nitrogen and oxygen atoms in total. The summed E-state index contributed by atoms with van der Waals surface area (Å²) in [6.45, 7) is 3.77. The van der Waals surface area contributed by atoms with Gasteiger partial charge in [0.05, 0.1) is 22.1 Å². The fourth-order valence-electron chi connectivity index (χ4n) is 4.85. The van der Waals surface area contributed by atoms with Gasteiger partial charge in [-0.15, -0.1) is 0 Å². The molecule has 0 radical (unpaired) electrons. The average Bonchev–Trinajstić information content (AvgIpc) is 3.06. The largest absolute Gasteiger partial charge is 0.326 e. The standard InChI is InChI=1S/C26H29ClN4O3S2/c27-21-11-10-20(16-24(21)36(33,34)31-13-6-1-2-7-14-31)25(32)29-26-28-22-12-15-30(18-23(22)35-26)17-19-8-4-3-5-9-19/h3-5,8-11,16H,1-2,6-7,12-15,17-18H2,(H,28,29,32)/p+1. The number of hydrogen-bond acceptors (Lipinski definition) is 5. The number of amides is 1. The molecule has 0 saturated carbocycles. The van der Waals surface area contributed by atoms with Crippen LogP contribution >= 0.6 is 22.9 Å². The highest BCUT2D eigenvalue weighted by molar-refractivity contribution is 7.89. The molecule has 1 amide bonds. The van der Waals surface area contributed by atoms with E-state index in [2.05, 4.69) is 34.6 Å². The lowest BCUT2D eigenvalue weighted by atomic mass is 10.1. The number of benzene rings is 2. The summed E-state index contributed by atoms with van der Waals surface area (Å²) < 4.78 is 28.1. The van der Waals surface area contributed by atoms with E-state index in [4.69, 9.17) is 11.6 Å². The summed E-state index contributed by atoms with van der Waals surface area (Å²) in [5.41, 5.74) is 2.59. The molecule has 36 heavy (non-hydrogen) atoms. The van der Waals surface area contributed by atoms with E-state index in [1.165, 1.54) is 43.1 Å². The second-order valence-corrected chi connectivity index (χ2v) is 12.8. The molecular weight excluding hydrogens is 516 g/mol. The highest BCUT2D eigenvalue weighted by Gasteiger charge is 2.29. The van der Waals surface area contributed by atoms with Crippen LogP contribution in [0.1, 0.15) is 52.2 Å². The van der Waals surface area contributed by atoms with Crippen molar-refractivity contribution in [1.29, 1.82) is 0 Å². The van der Waals surface area contributed by atoms with Crippen LogP contribution in [0.25, 0.3) is 0 Å². The molecule has 2 aromatic carbocycles. The predicted molar refractivity (Wildman–Crippen MR) is 142 cm³/mol. The van der Waals surface area contributed by atoms with Gasteiger partial charge in [0.25, 0.3) is 5.91 Å². The normalized spacial score (nSPS) is 18.9. The van der Waals surface area contributed by atoms with E-state index in [1.54, 1.807) is 6.07 Å². The van der Waals surface area contributed by atoms with Gasteiger partial charge in [0, 0.05) is 30.6 Å². The summed E-state index contributed by atoms with van der Waals surface area (Å²) in [7, 11) is -3.77. The Kier molecular flexibility index (Phi) is 7.73. The van der Waals surface area contributed by atoms with Gasteiger partial charge in [-0.3, -0.25) is 10.1 Å². The quantitative estimate of drug-likeness (QED) is 0.494. The smallest absolute Gasteiger partial charge is 0.257 e. The van der Waals surface area contributed by atoms with Gasteiger partial charge in [-0.1, -0.05) is 66.1 Å². The Labute approximate surface area is 221 Å². The summed E-state index contributed by atoms with van der Waals surface area (Å²) in [6.07, 6.45) is 4.56. The fourth-order valence-corrected chi connectivity index (χ4v) is 7.94. The zero-order valence-electron chi connectivity index (χ0n) is 20.0. The maximum Gasteiger partial charge on any atom is 0.257 e. The summed E-state index contributed by atoms with van der Waals surface area (Å²) in [4.78, 5) is 20.3. The number of thiazole rings is 1. The average molecular weight is 546 g/mol. The van der Waals surface area contributed by atoms with Crippen molar-refractivity contribution in [3.8, 4) is 0 Å². The number of halogens is 1. The molecule has 10 heteroatoms. The number of hydrogen-bond donors (Lipinski definition) is 2. The van der Waals surface area contributed by atoms with Gasteiger partial charge in [0.1, 0.15) is 18.0 Å². The van der Waals surface area contributed by atoms with Crippen molar-refractivity contribution >= 4 is 44.0 Å². The molecule has 2 aliphatic rings. The van der Waals surface area contributed by atoms with E-state index < -0.39 is 15.9 Å². The lowest BCUT2D eigenvalue weighted by Crippen LogP contribution is -3.10. The Balaban J connectivity index is 1.29. The fraction of sp³-hybridized carbons (Fsp3) is 0.385. The maximum atomic E-state index is 13.3. The van der Waals surface area contributed by atoms with Gasteiger partial charge in [-0.25, -0.2) is 13.4 Å². The van der Waals surface area contributed by atoms with Gasteiger partial charge < -0.3 is 4.90 Å². The molecule has 190 valence electrons. The third kappa shape index (κ3) is 5.65. The third-order valence-corrected chi connectivity index (χ3v) is 10.2. The van der Waals surface area contributed by atoms with Crippen molar-refractivity contribution in [1.82, 2.24) is 9.29 Å². The molecule has 0 bridgehead atoms. The minimum atomic E-state index is -3.77. The van der Waals surface area contributed by atoms with Gasteiger partial charge >= 0.3 is 0 Å². The van der Waals surface area contributed by atoms with Crippen LogP contribution in [-0.2, 0) is 29.5 Å². The number of carbonyl (C=O) groups is 1. The van der Waals surface area contributed by atoms with Crippen LogP contribution in [0.3, 0.4) is 0 Å². The number of quaternary nitrogens is 1. The van der Waals surface area contributed by atoms with Crippen molar-refractivity contribution in [2.45, 2.75) is 50.1 Å². The number of nitrogens with one attached hydrogen (secondary N) is 2. The van der Waals surface area contributed by atoms with Crippen molar-refractivity contribution in [3.05, 3.63) is 75.3 Å². The van der Waals surface area contributed by atoms with E-state index in [-0.39, 0.29) is 15.5 Å². The molecule has 0 aliphatic carbocycles. The molecule has 3 aromatic rings. The van der Waals surface area contributed by atoms with Gasteiger partial charge in [-0.05, 0) is 31.0 Å². The van der Waals surface area contributed by atoms with Crippen LogP contribution < -0.4 is 10.2 Å². The Hall–Kier alpha value is -2.30. The number of nitrogens with zero attached hydrogens (tertiary/aromatic N) is 2. The first-order valence-electron chi connectivity index (χ1n) is 12.4. The van der Waals surface area contributed by atoms with E-state index in [9.17, 15) is 13.2 Å². The summed E-state index contributed by atoms with van der Waals surface area (Å²) in [5.74, 6) is -0.390. The molecule has 2 aliphatic heterocycles. The molecule has 1 aromatic heterocycles. The molecule has 1 fully saturated rings.